The summed E-state index contributed by atoms with van der Waals surface area (Å²) in [5, 5.41) is 9.76. The predicted octanol–water partition coefficient (Wildman–Crippen LogP) is 6.97. The molecular formula is C27H18N2. The Kier molecular flexibility index (Phi) is 3.50. The van der Waals surface area contributed by atoms with Crippen molar-refractivity contribution >= 4 is 27.1 Å². The first kappa shape index (κ1) is 16.1. The predicted molar refractivity (Wildman–Crippen MR) is 121 cm³/mol. The molecule has 29 heavy (non-hydrogen) atoms. The van der Waals surface area contributed by atoms with E-state index in [2.05, 4.69) is 109 Å². The molecule has 6 rings (SSSR count). The highest BCUT2D eigenvalue weighted by atomic mass is 15.2. The van der Waals surface area contributed by atoms with Crippen molar-refractivity contribution in [2.24, 2.45) is 0 Å². The van der Waals surface area contributed by atoms with Gasteiger partial charge in [0.25, 0.3) is 0 Å². The minimum Gasteiger partial charge on any atom is -0.240 e. The van der Waals surface area contributed by atoms with Gasteiger partial charge in [0.2, 0.25) is 0 Å². The molecule has 2 nitrogen and oxygen atoms in total. The average Bonchev–Trinajstić information content (AvgIpc) is 3.20. The van der Waals surface area contributed by atoms with E-state index in [1.165, 1.54) is 32.7 Å². The van der Waals surface area contributed by atoms with Crippen LogP contribution < -0.4 is 0 Å². The largest absolute Gasteiger partial charge is 0.240 e. The fraction of sp³-hybridized carbons (Fsp3) is 0. The number of hydrogen-bond acceptors (Lipinski definition) is 1. The Morgan fingerprint density at radius 3 is 1.90 bits per heavy atom. The maximum absolute atomic E-state index is 4.79. The van der Waals surface area contributed by atoms with Crippen molar-refractivity contribution in [2.75, 3.05) is 0 Å². The number of aromatic nitrogens is 2. The molecule has 136 valence electrons. The Labute approximate surface area is 168 Å². The van der Waals surface area contributed by atoms with Crippen LogP contribution in [0.3, 0.4) is 0 Å². The van der Waals surface area contributed by atoms with Gasteiger partial charge in [0, 0.05) is 17.1 Å². The molecule has 0 spiro atoms. The average molecular weight is 370 g/mol. The van der Waals surface area contributed by atoms with Crippen molar-refractivity contribution in [3.8, 4) is 22.4 Å². The Balaban J connectivity index is 1.39. The van der Waals surface area contributed by atoms with Crippen molar-refractivity contribution in [2.45, 2.75) is 0 Å². The number of fused-ring (bicyclic) bond motifs is 3. The second kappa shape index (κ2) is 6.32. The summed E-state index contributed by atoms with van der Waals surface area (Å²) in [4.78, 5) is 0. The third-order valence-corrected chi connectivity index (χ3v) is 5.59. The Bertz CT molecular complexity index is 1440. The van der Waals surface area contributed by atoms with Gasteiger partial charge >= 0.3 is 0 Å². The van der Waals surface area contributed by atoms with Crippen LogP contribution in [-0.2, 0) is 0 Å². The zero-order valence-corrected chi connectivity index (χ0v) is 15.8. The van der Waals surface area contributed by atoms with Crippen LogP contribution in [0, 0.1) is 0 Å². The van der Waals surface area contributed by atoms with Crippen LogP contribution in [0.25, 0.3) is 49.4 Å². The van der Waals surface area contributed by atoms with E-state index in [0.29, 0.717) is 0 Å². The first-order valence-corrected chi connectivity index (χ1v) is 9.81. The minimum absolute atomic E-state index is 0.991. The molecule has 2 aromatic heterocycles. The summed E-state index contributed by atoms with van der Waals surface area (Å²) in [7, 11) is 0. The first-order valence-electron chi connectivity index (χ1n) is 9.81. The van der Waals surface area contributed by atoms with Gasteiger partial charge in [-0.3, -0.25) is 0 Å². The van der Waals surface area contributed by atoms with Gasteiger partial charge in [0.15, 0.2) is 0 Å². The van der Waals surface area contributed by atoms with E-state index in [4.69, 9.17) is 5.10 Å². The zero-order chi connectivity index (χ0) is 19.2. The van der Waals surface area contributed by atoms with Crippen molar-refractivity contribution in [3.05, 3.63) is 109 Å². The molecule has 0 saturated carbocycles. The van der Waals surface area contributed by atoms with Gasteiger partial charge in [0.05, 0.1) is 11.2 Å². The second-order valence-corrected chi connectivity index (χ2v) is 7.44. The molecule has 0 aliphatic heterocycles. The van der Waals surface area contributed by atoms with E-state index < -0.39 is 0 Å². The molecular weight excluding hydrogens is 352 g/mol. The molecule has 0 fully saturated rings. The van der Waals surface area contributed by atoms with Crippen LogP contribution in [-0.4, -0.2) is 9.61 Å². The summed E-state index contributed by atoms with van der Waals surface area (Å²) in [5.41, 5.74) is 5.68. The van der Waals surface area contributed by atoms with Gasteiger partial charge in [-0.2, -0.15) is 5.10 Å². The number of benzene rings is 4. The van der Waals surface area contributed by atoms with Gasteiger partial charge in [-0.05, 0) is 45.5 Å². The maximum atomic E-state index is 4.79. The molecule has 0 saturated heterocycles. The fourth-order valence-corrected chi connectivity index (χ4v) is 4.01. The molecule has 0 radical (unpaired) electrons. The van der Waals surface area contributed by atoms with Crippen LogP contribution in [0.15, 0.2) is 109 Å². The molecule has 0 amide bonds. The molecule has 0 aliphatic rings. The molecule has 0 aliphatic carbocycles. The molecule has 4 aromatic carbocycles. The normalized spacial score (nSPS) is 11.4. The van der Waals surface area contributed by atoms with Gasteiger partial charge in [-0.25, -0.2) is 4.52 Å². The van der Waals surface area contributed by atoms with Crippen LogP contribution in [0.1, 0.15) is 0 Å². The Morgan fingerprint density at radius 2 is 1.10 bits per heavy atom. The molecule has 2 heteroatoms. The van der Waals surface area contributed by atoms with Crippen molar-refractivity contribution < 1.29 is 0 Å². The van der Waals surface area contributed by atoms with Crippen LogP contribution in [0.4, 0.5) is 0 Å². The van der Waals surface area contributed by atoms with E-state index in [1.807, 2.05) is 4.52 Å². The summed E-state index contributed by atoms with van der Waals surface area (Å²) < 4.78 is 1.97. The molecule has 0 bridgehead atoms. The standard InChI is InChI=1S/C27H18N2/c1-2-6-22-15-24(14-11-19(22)5-1)20-9-12-21(13-10-20)27-17-26-16-23-7-3-4-8-25(23)18-29(26)28-27/h1-18H. The lowest BCUT2D eigenvalue weighted by molar-refractivity contribution is 0.974. The van der Waals surface area contributed by atoms with Gasteiger partial charge in [0.1, 0.15) is 0 Å². The molecule has 6 aromatic rings. The van der Waals surface area contributed by atoms with E-state index in [0.717, 1.165) is 16.8 Å². The molecule has 2 heterocycles. The van der Waals surface area contributed by atoms with E-state index in [9.17, 15) is 0 Å². The monoisotopic (exact) mass is 370 g/mol. The van der Waals surface area contributed by atoms with Gasteiger partial charge < -0.3 is 0 Å². The summed E-state index contributed by atoms with van der Waals surface area (Å²) >= 11 is 0. The lowest BCUT2D eigenvalue weighted by Crippen LogP contribution is -1.87. The summed E-state index contributed by atoms with van der Waals surface area (Å²) in [6, 6.07) is 36.5. The molecule has 0 N–H and O–H groups in total. The number of pyridine rings is 1. The number of hydrogen-bond donors (Lipinski definition) is 0. The van der Waals surface area contributed by atoms with Crippen molar-refractivity contribution in [3.63, 3.8) is 0 Å². The lowest BCUT2D eigenvalue weighted by Gasteiger charge is -2.05. The molecule has 0 atom stereocenters. The summed E-state index contributed by atoms with van der Waals surface area (Å²) in [5.74, 6) is 0. The number of nitrogens with zero attached hydrogens (tertiary/aromatic N) is 2. The van der Waals surface area contributed by atoms with Crippen LogP contribution in [0.5, 0.6) is 0 Å². The minimum atomic E-state index is 0.991. The fourth-order valence-electron chi connectivity index (χ4n) is 4.01. The Hall–Kier alpha value is -3.91. The summed E-state index contributed by atoms with van der Waals surface area (Å²) in [6.07, 6.45) is 2.09. The highest BCUT2D eigenvalue weighted by Gasteiger charge is 2.07. The first-order chi connectivity index (χ1) is 14.3. The smallest absolute Gasteiger partial charge is 0.0933 e. The van der Waals surface area contributed by atoms with Crippen LogP contribution >= 0.6 is 0 Å². The van der Waals surface area contributed by atoms with Crippen molar-refractivity contribution in [1.29, 1.82) is 0 Å². The highest BCUT2D eigenvalue weighted by molar-refractivity contribution is 5.88. The van der Waals surface area contributed by atoms with Gasteiger partial charge in [-0.15, -0.1) is 0 Å². The van der Waals surface area contributed by atoms with E-state index >= 15 is 0 Å². The van der Waals surface area contributed by atoms with E-state index in [-0.39, 0.29) is 0 Å². The quantitative estimate of drug-likeness (QED) is 0.321. The summed E-state index contributed by atoms with van der Waals surface area (Å²) in [6.45, 7) is 0. The number of rotatable bonds is 2. The van der Waals surface area contributed by atoms with Gasteiger partial charge in [-0.1, -0.05) is 84.9 Å². The highest BCUT2D eigenvalue weighted by Crippen LogP contribution is 2.28. The topological polar surface area (TPSA) is 17.3 Å². The molecule has 0 unspecified atom stereocenters. The zero-order valence-electron chi connectivity index (χ0n) is 15.8. The maximum Gasteiger partial charge on any atom is 0.0933 e. The van der Waals surface area contributed by atoms with E-state index in [1.54, 1.807) is 0 Å². The Morgan fingerprint density at radius 1 is 0.483 bits per heavy atom. The van der Waals surface area contributed by atoms with Crippen molar-refractivity contribution in [1.82, 2.24) is 9.61 Å². The third kappa shape index (κ3) is 2.77. The third-order valence-electron chi connectivity index (χ3n) is 5.59. The second-order valence-electron chi connectivity index (χ2n) is 7.44. The van der Waals surface area contributed by atoms with Crippen LogP contribution in [0.2, 0.25) is 0 Å². The lowest BCUT2D eigenvalue weighted by atomic mass is 10.00. The SMILES string of the molecule is c1ccc2cc(-c3ccc(-c4cc5cc6ccccc6cn5n4)cc3)ccc2c1.